The second kappa shape index (κ2) is 9.58. The molecule has 3 unspecified atom stereocenters. The molecule has 0 aromatic carbocycles. The van der Waals surface area contributed by atoms with Crippen molar-refractivity contribution in [1.82, 2.24) is 20.4 Å². The molecule has 2 saturated heterocycles. The van der Waals surface area contributed by atoms with Gasteiger partial charge in [0.25, 0.3) is 0 Å². The van der Waals surface area contributed by atoms with Crippen LogP contribution in [0.1, 0.15) is 44.9 Å². The number of halogens is 2. The summed E-state index contributed by atoms with van der Waals surface area (Å²) in [7, 11) is 0. The molecule has 2 amide bonds. The lowest BCUT2D eigenvalue weighted by Gasteiger charge is -2.35. The summed E-state index contributed by atoms with van der Waals surface area (Å²) in [5, 5.41) is 6.63. The van der Waals surface area contributed by atoms with E-state index in [1.165, 1.54) is 25.7 Å². The Kier molecular flexibility index (Phi) is 8.01. The lowest BCUT2D eigenvalue weighted by molar-refractivity contribution is -0.135. The second-order valence-corrected chi connectivity index (χ2v) is 8.05. The van der Waals surface area contributed by atoms with Crippen LogP contribution in [0.5, 0.6) is 0 Å². The van der Waals surface area contributed by atoms with E-state index in [0.29, 0.717) is 24.5 Å². The van der Waals surface area contributed by atoms with Gasteiger partial charge in [-0.1, -0.05) is 12.8 Å². The molecule has 2 aliphatic heterocycles. The molecule has 150 valence electrons. The first-order valence-corrected chi connectivity index (χ1v) is 9.75. The van der Waals surface area contributed by atoms with Gasteiger partial charge in [-0.15, -0.1) is 24.8 Å². The first-order valence-electron chi connectivity index (χ1n) is 9.75. The van der Waals surface area contributed by atoms with E-state index in [1.54, 1.807) is 0 Å². The summed E-state index contributed by atoms with van der Waals surface area (Å²) in [5.74, 6) is 1.13. The number of amides is 2. The molecule has 2 aliphatic carbocycles. The van der Waals surface area contributed by atoms with Crippen LogP contribution in [-0.4, -0.2) is 72.5 Å². The average molecular weight is 407 g/mol. The largest absolute Gasteiger partial charge is 0.352 e. The quantitative estimate of drug-likeness (QED) is 0.735. The summed E-state index contributed by atoms with van der Waals surface area (Å²) in [6.07, 6.45) is 8.42. The first-order chi connectivity index (χ1) is 11.7. The Bertz CT molecular complexity index is 482. The molecule has 2 N–H and O–H groups in total. The summed E-state index contributed by atoms with van der Waals surface area (Å²) in [5.41, 5.74) is 0. The molecule has 2 saturated carbocycles. The number of fused-ring (bicyclic) bond motifs is 1. The maximum atomic E-state index is 12.8. The number of carbonyl (C=O) groups is 2. The summed E-state index contributed by atoms with van der Waals surface area (Å²) in [6, 6.07) is 1.03. The highest BCUT2D eigenvalue weighted by molar-refractivity contribution is 5.85. The molecule has 26 heavy (non-hydrogen) atoms. The van der Waals surface area contributed by atoms with Crippen molar-refractivity contribution in [1.29, 1.82) is 0 Å². The Morgan fingerprint density at radius 3 is 2.31 bits per heavy atom. The van der Waals surface area contributed by atoms with Crippen molar-refractivity contribution >= 4 is 36.6 Å². The topological polar surface area (TPSA) is 64.7 Å². The molecule has 3 atom stereocenters. The average Bonchev–Trinajstić information content (AvgIpc) is 3.29. The van der Waals surface area contributed by atoms with Crippen LogP contribution in [0.4, 0.5) is 0 Å². The zero-order valence-electron chi connectivity index (χ0n) is 15.3. The van der Waals surface area contributed by atoms with E-state index in [9.17, 15) is 9.59 Å². The summed E-state index contributed by atoms with van der Waals surface area (Å²) >= 11 is 0. The summed E-state index contributed by atoms with van der Waals surface area (Å²) < 4.78 is 0. The van der Waals surface area contributed by atoms with Gasteiger partial charge < -0.3 is 15.5 Å². The fraction of sp³-hybridized carbons (Fsp3) is 0.889. The molecule has 8 heteroatoms. The molecule has 4 rings (SSSR count). The summed E-state index contributed by atoms with van der Waals surface area (Å²) in [4.78, 5) is 28.9. The number of nitrogens with one attached hydrogen (secondary N) is 2. The normalized spacial score (nSPS) is 31.4. The van der Waals surface area contributed by atoms with E-state index < -0.39 is 0 Å². The fourth-order valence-electron chi connectivity index (χ4n) is 4.56. The molecule has 2 heterocycles. The molecule has 0 spiro atoms. The Morgan fingerprint density at radius 1 is 0.962 bits per heavy atom. The van der Waals surface area contributed by atoms with Gasteiger partial charge in [-0.05, 0) is 38.0 Å². The lowest BCUT2D eigenvalue weighted by atomic mass is 9.85. The first kappa shape index (κ1) is 21.7. The molecule has 0 radical (unpaired) electrons. The SMILES string of the molecule is Cl.Cl.O=C(CN1CCN(C(=O)C2CC3CCCCC3N2)CC1)NC1CC1. The van der Waals surface area contributed by atoms with Gasteiger partial charge in [0.15, 0.2) is 0 Å². The van der Waals surface area contributed by atoms with Crippen LogP contribution < -0.4 is 10.6 Å². The van der Waals surface area contributed by atoms with Crippen molar-refractivity contribution in [2.45, 2.75) is 63.1 Å². The Hall–Kier alpha value is -0.560. The van der Waals surface area contributed by atoms with Gasteiger partial charge in [-0.2, -0.15) is 0 Å². The number of carbonyl (C=O) groups excluding carboxylic acids is 2. The monoisotopic (exact) mass is 406 g/mol. The van der Waals surface area contributed by atoms with Gasteiger partial charge in [0.2, 0.25) is 11.8 Å². The highest BCUT2D eigenvalue weighted by Crippen LogP contribution is 2.33. The highest BCUT2D eigenvalue weighted by atomic mass is 35.5. The zero-order valence-corrected chi connectivity index (χ0v) is 17.0. The van der Waals surface area contributed by atoms with Gasteiger partial charge in [0, 0.05) is 38.3 Å². The smallest absolute Gasteiger partial charge is 0.239 e. The maximum Gasteiger partial charge on any atom is 0.239 e. The third-order valence-corrected chi connectivity index (χ3v) is 6.15. The van der Waals surface area contributed by atoms with E-state index >= 15 is 0 Å². The summed E-state index contributed by atoms with van der Waals surface area (Å²) in [6.45, 7) is 3.60. The minimum Gasteiger partial charge on any atom is -0.352 e. The van der Waals surface area contributed by atoms with Crippen molar-refractivity contribution in [3.8, 4) is 0 Å². The number of rotatable bonds is 4. The van der Waals surface area contributed by atoms with Crippen molar-refractivity contribution in [3.63, 3.8) is 0 Å². The van der Waals surface area contributed by atoms with Crippen LogP contribution in [-0.2, 0) is 9.59 Å². The van der Waals surface area contributed by atoms with E-state index in [2.05, 4.69) is 15.5 Å². The van der Waals surface area contributed by atoms with Crippen molar-refractivity contribution in [2.24, 2.45) is 5.92 Å². The highest BCUT2D eigenvalue weighted by Gasteiger charge is 2.40. The van der Waals surface area contributed by atoms with E-state index in [-0.39, 0.29) is 42.7 Å². The van der Waals surface area contributed by atoms with Gasteiger partial charge in [0.05, 0.1) is 12.6 Å². The van der Waals surface area contributed by atoms with Crippen LogP contribution >= 0.6 is 24.8 Å². The minimum absolute atomic E-state index is 0. The number of nitrogens with zero attached hydrogens (tertiary/aromatic N) is 2. The van der Waals surface area contributed by atoms with Gasteiger partial charge >= 0.3 is 0 Å². The van der Waals surface area contributed by atoms with Crippen LogP contribution in [0.15, 0.2) is 0 Å². The van der Waals surface area contributed by atoms with Crippen molar-refractivity contribution < 1.29 is 9.59 Å². The van der Waals surface area contributed by atoms with Gasteiger partial charge in [-0.3, -0.25) is 14.5 Å². The number of hydrogen-bond acceptors (Lipinski definition) is 4. The van der Waals surface area contributed by atoms with Gasteiger partial charge in [-0.25, -0.2) is 0 Å². The fourth-order valence-corrected chi connectivity index (χ4v) is 4.56. The second-order valence-electron chi connectivity index (χ2n) is 8.05. The third kappa shape index (κ3) is 5.24. The molecule has 0 aromatic heterocycles. The zero-order chi connectivity index (χ0) is 16.5. The number of hydrogen-bond donors (Lipinski definition) is 2. The van der Waals surface area contributed by atoms with E-state index in [0.717, 1.165) is 45.4 Å². The molecule has 0 bridgehead atoms. The minimum atomic E-state index is 0. The predicted molar refractivity (Wildman–Crippen MR) is 106 cm³/mol. The Balaban J connectivity index is 0.00000121. The predicted octanol–water partition coefficient (Wildman–Crippen LogP) is 1.17. The Morgan fingerprint density at radius 2 is 1.65 bits per heavy atom. The molecule has 0 aromatic rings. The lowest BCUT2D eigenvalue weighted by Crippen LogP contribution is -2.54. The van der Waals surface area contributed by atoms with Crippen LogP contribution in [0, 0.1) is 5.92 Å². The Labute approximate surface area is 168 Å². The standard InChI is InChI=1S/C18H30N4O2.2ClH/c23-17(19-14-5-6-14)12-21-7-9-22(10-8-21)18(24)16-11-13-3-1-2-4-15(13)20-16;;/h13-16,20H,1-12H2,(H,19,23);2*1H. The van der Waals surface area contributed by atoms with Crippen LogP contribution in [0.2, 0.25) is 0 Å². The van der Waals surface area contributed by atoms with Crippen molar-refractivity contribution in [3.05, 3.63) is 0 Å². The van der Waals surface area contributed by atoms with E-state index in [1.807, 2.05) is 4.90 Å². The molecule has 4 fully saturated rings. The van der Waals surface area contributed by atoms with Gasteiger partial charge in [0.1, 0.15) is 0 Å². The van der Waals surface area contributed by atoms with Crippen LogP contribution in [0.3, 0.4) is 0 Å². The molecule has 6 nitrogen and oxygen atoms in total. The van der Waals surface area contributed by atoms with E-state index in [4.69, 9.17) is 0 Å². The number of piperazine rings is 1. The molecular weight excluding hydrogens is 375 g/mol. The maximum absolute atomic E-state index is 12.8. The van der Waals surface area contributed by atoms with Crippen LogP contribution in [0.25, 0.3) is 0 Å². The van der Waals surface area contributed by atoms with Crippen molar-refractivity contribution in [2.75, 3.05) is 32.7 Å². The molecule has 4 aliphatic rings. The molecular formula is C18H32Cl2N4O2. The third-order valence-electron chi connectivity index (χ3n) is 6.15.